The predicted octanol–water partition coefficient (Wildman–Crippen LogP) is 4.08. The van der Waals surface area contributed by atoms with Crippen LogP contribution in [0.4, 0.5) is 0 Å². The number of carbonyl (C=O) groups is 1. The third-order valence-corrected chi connectivity index (χ3v) is 7.29. The number of cyclic esters (lactones) is 1. The number of hydrogen-bond acceptors (Lipinski definition) is 3. The van der Waals surface area contributed by atoms with Crippen molar-refractivity contribution in [3.63, 3.8) is 0 Å². The highest BCUT2D eigenvalue weighted by Gasteiger charge is 2.53. The summed E-state index contributed by atoms with van der Waals surface area (Å²) in [5.41, 5.74) is 0. The first-order valence-electron chi connectivity index (χ1n) is 10.3. The molecule has 2 aliphatic carbocycles. The Bertz CT molecular complexity index is 502. The molecule has 4 rings (SSSR count). The highest BCUT2D eigenvalue weighted by Crippen LogP contribution is 2.53. The molecule has 24 heavy (non-hydrogen) atoms. The van der Waals surface area contributed by atoms with E-state index in [0.717, 1.165) is 18.3 Å². The molecule has 2 aliphatic heterocycles. The van der Waals surface area contributed by atoms with Crippen molar-refractivity contribution in [2.45, 2.75) is 83.4 Å². The van der Waals surface area contributed by atoms with Crippen LogP contribution in [0.15, 0.2) is 12.2 Å². The van der Waals surface area contributed by atoms with Gasteiger partial charge >= 0.3 is 5.97 Å². The van der Waals surface area contributed by atoms with E-state index in [1.54, 1.807) is 0 Å². The zero-order valence-electron chi connectivity index (χ0n) is 15.2. The molecular formula is C21H33NO2. The van der Waals surface area contributed by atoms with E-state index in [1.807, 2.05) is 0 Å². The van der Waals surface area contributed by atoms with Gasteiger partial charge in [0, 0.05) is 18.0 Å². The lowest BCUT2D eigenvalue weighted by Crippen LogP contribution is -2.43. The second-order valence-corrected chi connectivity index (χ2v) is 8.84. The molecule has 0 aromatic rings. The summed E-state index contributed by atoms with van der Waals surface area (Å²) in [6.07, 6.45) is 15.4. The number of fused-ring (bicyclic) bond motifs is 2. The molecule has 0 radical (unpaired) electrons. The Hall–Kier alpha value is -0.830. The van der Waals surface area contributed by atoms with Crippen molar-refractivity contribution in [3.8, 4) is 0 Å². The van der Waals surface area contributed by atoms with Crippen LogP contribution in [0.25, 0.3) is 0 Å². The van der Waals surface area contributed by atoms with E-state index < -0.39 is 0 Å². The summed E-state index contributed by atoms with van der Waals surface area (Å²) in [7, 11) is 0. The van der Waals surface area contributed by atoms with Gasteiger partial charge in [-0.2, -0.15) is 0 Å². The largest absolute Gasteiger partial charge is 0.462 e. The van der Waals surface area contributed by atoms with E-state index in [4.69, 9.17) is 4.74 Å². The molecular weight excluding hydrogens is 298 g/mol. The Labute approximate surface area is 146 Å². The third kappa shape index (κ3) is 3.05. The van der Waals surface area contributed by atoms with Gasteiger partial charge in [0.25, 0.3) is 0 Å². The van der Waals surface area contributed by atoms with Gasteiger partial charge in [-0.15, -0.1) is 0 Å². The fourth-order valence-corrected chi connectivity index (χ4v) is 6.18. The monoisotopic (exact) mass is 331 g/mol. The van der Waals surface area contributed by atoms with E-state index >= 15 is 0 Å². The van der Waals surface area contributed by atoms with Crippen LogP contribution >= 0.6 is 0 Å². The Morgan fingerprint density at radius 3 is 2.71 bits per heavy atom. The first-order valence-corrected chi connectivity index (χ1v) is 10.3. The van der Waals surface area contributed by atoms with E-state index in [1.165, 1.54) is 44.9 Å². The van der Waals surface area contributed by atoms with Gasteiger partial charge < -0.3 is 10.1 Å². The van der Waals surface area contributed by atoms with Gasteiger partial charge in [0.2, 0.25) is 0 Å². The van der Waals surface area contributed by atoms with Crippen LogP contribution in [0.3, 0.4) is 0 Å². The number of piperidine rings is 1. The summed E-state index contributed by atoms with van der Waals surface area (Å²) in [5, 5.41) is 3.72. The summed E-state index contributed by atoms with van der Waals surface area (Å²) >= 11 is 0. The maximum Gasteiger partial charge on any atom is 0.309 e. The van der Waals surface area contributed by atoms with Crippen LogP contribution in [0, 0.1) is 29.6 Å². The lowest BCUT2D eigenvalue weighted by Gasteiger charge is -2.46. The van der Waals surface area contributed by atoms with E-state index in [-0.39, 0.29) is 18.0 Å². The van der Waals surface area contributed by atoms with Crippen molar-refractivity contribution in [1.29, 1.82) is 0 Å². The third-order valence-electron chi connectivity index (χ3n) is 7.29. The second kappa shape index (κ2) is 6.82. The molecule has 0 aromatic carbocycles. The average molecular weight is 332 g/mol. The highest BCUT2D eigenvalue weighted by atomic mass is 16.6. The second-order valence-electron chi connectivity index (χ2n) is 8.84. The van der Waals surface area contributed by atoms with Crippen LogP contribution in [-0.4, -0.2) is 24.2 Å². The number of allylic oxidation sites excluding steroid dienone is 1. The number of esters is 1. The standard InChI is InChI=1S/C21H33NO2/c1-13-6-5-8-16(22-13)10-11-18-17-9-4-3-7-15(17)12-19-20(18)14(2)24-21(19)23/h10-11,13-20,22H,3-9,12H2,1-2H3. The number of hydrogen-bond donors (Lipinski definition) is 1. The average Bonchev–Trinajstić information content (AvgIpc) is 2.86. The highest BCUT2D eigenvalue weighted by molar-refractivity contribution is 5.75. The van der Waals surface area contributed by atoms with E-state index in [2.05, 4.69) is 31.3 Å². The van der Waals surface area contributed by atoms with Crippen molar-refractivity contribution in [2.75, 3.05) is 0 Å². The summed E-state index contributed by atoms with van der Waals surface area (Å²) in [5.74, 6) is 2.70. The quantitative estimate of drug-likeness (QED) is 0.612. The Kier molecular flexibility index (Phi) is 4.73. The molecule has 4 fully saturated rings. The molecule has 1 N–H and O–H groups in total. The van der Waals surface area contributed by atoms with Crippen molar-refractivity contribution in [2.24, 2.45) is 29.6 Å². The normalized spacial score (nSPS) is 48.8. The molecule has 8 unspecified atom stereocenters. The zero-order chi connectivity index (χ0) is 16.7. The number of carbonyl (C=O) groups excluding carboxylic acids is 1. The van der Waals surface area contributed by atoms with Crippen LogP contribution in [0.5, 0.6) is 0 Å². The van der Waals surface area contributed by atoms with Gasteiger partial charge in [-0.3, -0.25) is 4.79 Å². The van der Waals surface area contributed by atoms with Crippen molar-refractivity contribution in [3.05, 3.63) is 12.2 Å². The van der Waals surface area contributed by atoms with E-state index in [9.17, 15) is 4.79 Å². The maximum atomic E-state index is 12.3. The summed E-state index contributed by atoms with van der Waals surface area (Å²) in [6.45, 7) is 4.41. The van der Waals surface area contributed by atoms with Crippen LogP contribution < -0.4 is 5.32 Å². The fraction of sp³-hybridized carbons (Fsp3) is 0.857. The zero-order valence-corrected chi connectivity index (χ0v) is 15.2. The number of nitrogens with one attached hydrogen (secondary N) is 1. The van der Waals surface area contributed by atoms with Crippen molar-refractivity contribution < 1.29 is 9.53 Å². The summed E-state index contributed by atoms with van der Waals surface area (Å²) in [6, 6.07) is 1.15. The molecule has 2 saturated carbocycles. The minimum atomic E-state index is 0.0827. The first-order chi connectivity index (χ1) is 11.6. The molecule has 4 aliphatic rings. The number of rotatable bonds is 2. The van der Waals surface area contributed by atoms with Gasteiger partial charge in [0.1, 0.15) is 6.10 Å². The SMILES string of the molecule is CC1CCCC(C=CC2C3CCCCC3CC3C(=O)OC(C)C32)N1. The molecule has 2 saturated heterocycles. The molecule has 0 amide bonds. The van der Waals surface area contributed by atoms with Gasteiger partial charge in [0.05, 0.1) is 5.92 Å². The Balaban J connectivity index is 1.55. The minimum Gasteiger partial charge on any atom is -0.462 e. The van der Waals surface area contributed by atoms with Gasteiger partial charge in [-0.05, 0) is 57.3 Å². The van der Waals surface area contributed by atoms with Gasteiger partial charge in [-0.1, -0.05) is 37.8 Å². The van der Waals surface area contributed by atoms with Crippen molar-refractivity contribution in [1.82, 2.24) is 5.32 Å². The smallest absolute Gasteiger partial charge is 0.309 e. The molecule has 0 bridgehead atoms. The lowest BCUT2D eigenvalue weighted by atomic mass is 9.57. The Morgan fingerprint density at radius 1 is 1.04 bits per heavy atom. The van der Waals surface area contributed by atoms with Crippen LogP contribution in [-0.2, 0) is 9.53 Å². The molecule has 0 spiro atoms. The first kappa shape index (κ1) is 16.6. The minimum absolute atomic E-state index is 0.0827. The summed E-state index contributed by atoms with van der Waals surface area (Å²) < 4.78 is 5.66. The number of ether oxygens (including phenoxy) is 1. The molecule has 2 heterocycles. The molecule has 3 heteroatoms. The lowest BCUT2D eigenvalue weighted by molar-refractivity contribution is -0.144. The molecule has 8 atom stereocenters. The van der Waals surface area contributed by atoms with Crippen LogP contribution in [0.1, 0.15) is 65.2 Å². The van der Waals surface area contributed by atoms with Gasteiger partial charge in [-0.25, -0.2) is 0 Å². The fourth-order valence-electron chi connectivity index (χ4n) is 6.18. The molecule has 134 valence electrons. The molecule has 3 nitrogen and oxygen atoms in total. The van der Waals surface area contributed by atoms with E-state index in [0.29, 0.717) is 23.9 Å². The molecule has 0 aromatic heterocycles. The topological polar surface area (TPSA) is 38.3 Å². The van der Waals surface area contributed by atoms with Crippen molar-refractivity contribution >= 4 is 5.97 Å². The van der Waals surface area contributed by atoms with Crippen LogP contribution in [0.2, 0.25) is 0 Å². The predicted molar refractivity (Wildman–Crippen MR) is 95.5 cm³/mol. The summed E-state index contributed by atoms with van der Waals surface area (Å²) in [4.78, 5) is 12.3. The van der Waals surface area contributed by atoms with Gasteiger partial charge in [0.15, 0.2) is 0 Å². The maximum absolute atomic E-state index is 12.3. The Morgan fingerprint density at radius 2 is 1.88 bits per heavy atom.